The van der Waals surface area contributed by atoms with Crippen LogP contribution in [0.15, 0.2) is 60.0 Å². The van der Waals surface area contributed by atoms with Crippen LogP contribution < -0.4 is 5.32 Å². The van der Waals surface area contributed by atoms with E-state index < -0.39 is 6.04 Å². The summed E-state index contributed by atoms with van der Waals surface area (Å²) in [6, 6.07) is 17.4. The summed E-state index contributed by atoms with van der Waals surface area (Å²) in [5.74, 6) is 0.0742. The van der Waals surface area contributed by atoms with E-state index in [9.17, 15) is 9.59 Å². The first-order chi connectivity index (χ1) is 14.5. The number of hydrogen-bond acceptors (Lipinski definition) is 4. The zero-order chi connectivity index (χ0) is 21.1. The molecule has 2 aromatic carbocycles. The number of aromatic nitrogens is 1. The number of hydrogen-bond donors (Lipinski definition) is 1. The van der Waals surface area contributed by atoms with Gasteiger partial charge in [0.15, 0.2) is 5.13 Å². The van der Waals surface area contributed by atoms with Gasteiger partial charge in [-0.15, -0.1) is 11.3 Å². The molecule has 0 bridgehead atoms. The monoisotopic (exact) mass is 419 g/mol. The van der Waals surface area contributed by atoms with Crippen molar-refractivity contribution in [3.8, 4) is 11.3 Å². The molecule has 2 amide bonds. The number of thiazole rings is 1. The van der Waals surface area contributed by atoms with Gasteiger partial charge in [0.1, 0.15) is 6.04 Å². The van der Waals surface area contributed by atoms with E-state index in [1.165, 1.54) is 11.3 Å². The largest absolute Gasteiger partial charge is 0.326 e. The van der Waals surface area contributed by atoms with Crippen molar-refractivity contribution in [1.29, 1.82) is 0 Å². The minimum Gasteiger partial charge on any atom is -0.326 e. The molecule has 1 atom stereocenters. The van der Waals surface area contributed by atoms with Gasteiger partial charge in [0.25, 0.3) is 0 Å². The van der Waals surface area contributed by atoms with Crippen molar-refractivity contribution in [2.45, 2.75) is 39.3 Å². The summed E-state index contributed by atoms with van der Waals surface area (Å²) in [6.45, 7) is 4.50. The van der Waals surface area contributed by atoms with Crippen molar-refractivity contribution in [3.63, 3.8) is 0 Å². The van der Waals surface area contributed by atoms with Crippen LogP contribution in [0.2, 0.25) is 0 Å². The smallest absolute Gasteiger partial charge is 0.249 e. The average molecular weight is 420 g/mol. The number of nitrogens with zero attached hydrogens (tertiary/aromatic N) is 2. The molecule has 154 valence electrons. The number of carbonyl (C=O) groups excluding carboxylic acids is 2. The molecule has 0 aliphatic carbocycles. The minimum absolute atomic E-state index is 0.0174. The molecule has 1 N–H and O–H groups in total. The SMILES string of the molecule is CC(C)CC(=O)N1Cc2ccccc2C[C@@H]1C(=O)Nc1nc(-c2ccccc2)cs1. The fourth-order valence-corrected chi connectivity index (χ4v) is 4.47. The molecule has 1 aromatic heterocycles. The number of carbonyl (C=O) groups is 2. The van der Waals surface area contributed by atoms with E-state index in [1.54, 1.807) is 4.90 Å². The van der Waals surface area contributed by atoms with Gasteiger partial charge in [-0.2, -0.15) is 0 Å². The first kappa shape index (κ1) is 20.3. The molecule has 0 radical (unpaired) electrons. The van der Waals surface area contributed by atoms with E-state index in [0.29, 0.717) is 24.5 Å². The van der Waals surface area contributed by atoms with E-state index in [-0.39, 0.29) is 17.7 Å². The highest BCUT2D eigenvalue weighted by atomic mass is 32.1. The van der Waals surface area contributed by atoms with Gasteiger partial charge in [-0.3, -0.25) is 9.59 Å². The van der Waals surface area contributed by atoms with E-state index in [0.717, 1.165) is 22.4 Å². The third-order valence-electron chi connectivity index (χ3n) is 5.26. The Labute approximate surface area is 180 Å². The van der Waals surface area contributed by atoms with Crippen molar-refractivity contribution in [2.24, 2.45) is 5.92 Å². The molecule has 1 aliphatic rings. The predicted octanol–water partition coefficient (Wildman–Crippen LogP) is 4.75. The highest BCUT2D eigenvalue weighted by molar-refractivity contribution is 7.14. The highest BCUT2D eigenvalue weighted by Gasteiger charge is 2.34. The summed E-state index contributed by atoms with van der Waals surface area (Å²) in [4.78, 5) is 32.4. The van der Waals surface area contributed by atoms with E-state index in [4.69, 9.17) is 0 Å². The Bertz CT molecular complexity index is 1050. The Kier molecular flexibility index (Phi) is 5.95. The van der Waals surface area contributed by atoms with Crippen LogP contribution in [-0.2, 0) is 22.6 Å². The zero-order valence-electron chi connectivity index (χ0n) is 17.2. The Morgan fingerprint density at radius 2 is 1.80 bits per heavy atom. The van der Waals surface area contributed by atoms with Crippen LogP contribution in [0.4, 0.5) is 5.13 Å². The maximum Gasteiger partial charge on any atom is 0.249 e. The van der Waals surface area contributed by atoms with E-state index in [2.05, 4.69) is 10.3 Å². The molecule has 3 aromatic rings. The normalized spacial score (nSPS) is 15.7. The summed E-state index contributed by atoms with van der Waals surface area (Å²) in [5.41, 5.74) is 4.07. The molecular weight excluding hydrogens is 394 g/mol. The molecule has 6 heteroatoms. The number of benzene rings is 2. The van der Waals surface area contributed by atoms with Gasteiger partial charge in [0.05, 0.1) is 5.69 Å². The number of rotatable bonds is 5. The second-order valence-electron chi connectivity index (χ2n) is 8.00. The predicted molar refractivity (Wildman–Crippen MR) is 120 cm³/mol. The lowest BCUT2D eigenvalue weighted by atomic mass is 9.92. The first-order valence-corrected chi connectivity index (χ1v) is 11.1. The van der Waals surface area contributed by atoms with E-state index in [1.807, 2.05) is 73.8 Å². The maximum atomic E-state index is 13.2. The van der Waals surface area contributed by atoms with Crippen LogP contribution in [0.1, 0.15) is 31.4 Å². The molecular formula is C24H25N3O2S. The summed E-state index contributed by atoms with van der Waals surface area (Å²) in [5, 5.41) is 5.43. The molecule has 30 heavy (non-hydrogen) atoms. The zero-order valence-corrected chi connectivity index (χ0v) is 18.0. The summed E-state index contributed by atoms with van der Waals surface area (Å²) < 4.78 is 0. The summed E-state index contributed by atoms with van der Waals surface area (Å²) >= 11 is 1.40. The second kappa shape index (κ2) is 8.79. The van der Waals surface area contributed by atoms with Gasteiger partial charge < -0.3 is 10.2 Å². The number of nitrogens with one attached hydrogen (secondary N) is 1. The third kappa shape index (κ3) is 4.44. The Morgan fingerprint density at radius 3 is 2.53 bits per heavy atom. The van der Waals surface area contributed by atoms with Crippen molar-refractivity contribution >= 4 is 28.3 Å². The van der Waals surface area contributed by atoms with Gasteiger partial charge in [0.2, 0.25) is 11.8 Å². The molecule has 0 saturated carbocycles. The van der Waals surface area contributed by atoms with Crippen molar-refractivity contribution in [2.75, 3.05) is 5.32 Å². The van der Waals surface area contributed by atoms with Gasteiger partial charge in [-0.25, -0.2) is 4.98 Å². The average Bonchev–Trinajstić information content (AvgIpc) is 3.21. The molecule has 0 unspecified atom stereocenters. The van der Waals surface area contributed by atoms with Crippen molar-refractivity contribution in [3.05, 3.63) is 71.1 Å². The van der Waals surface area contributed by atoms with Crippen LogP contribution in [0, 0.1) is 5.92 Å². The molecule has 4 rings (SSSR count). The Hall–Kier alpha value is -2.99. The standard InChI is InChI=1S/C24H25N3O2S/c1-16(2)12-22(28)27-14-19-11-7-6-10-18(19)13-21(27)23(29)26-24-25-20(15-30-24)17-8-4-3-5-9-17/h3-11,15-16,21H,12-14H2,1-2H3,(H,25,26,29)/t21-/m1/s1. The van der Waals surface area contributed by atoms with Gasteiger partial charge in [-0.05, 0) is 17.0 Å². The Morgan fingerprint density at radius 1 is 1.10 bits per heavy atom. The summed E-state index contributed by atoms with van der Waals surface area (Å²) in [6.07, 6.45) is 0.949. The number of anilines is 1. The van der Waals surface area contributed by atoms with Gasteiger partial charge >= 0.3 is 0 Å². The first-order valence-electron chi connectivity index (χ1n) is 10.2. The maximum absolute atomic E-state index is 13.2. The van der Waals surface area contributed by atoms with Gasteiger partial charge in [0, 0.05) is 30.3 Å². The topological polar surface area (TPSA) is 62.3 Å². The lowest BCUT2D eigenvalue weighted by Gasteiger charge is -2.36. The molecule has 0 spiro atoms. The van der Waals surface area contributed by atoms with Crippen molar-refractivity contribution in [1.82, 2.24) is 9.88 Å². The molecule has 5 nitrogen and oxygen atoms in total. The lowest BCUT2D eigenvalue weighted by Crippen LogP contribution is -2.50. The molecule has 1 aliphatic heterocycles. The molecule has 2 heterocycles. The molecule has 0 fully saturated rings. The van der Waals surface area contributed by atoms with Gasteiger partial charge in [-0.1, -0.05) is 68.4 Å². The fourth-order valence-electron chi connectivity index (χ4n) is 3.75. The van der Waals surface area contributed by atoms with Crippen LogP contribution in [0.25, 0.3) is 11.3 Å². The van der Waals surface area contributed by atoms with Crippen LogP contribution in [0.5, 0.6) is 0 Å². The Balaban J connectivity index is 1.55. The van der Waals surface area contributed by atoms with Crippen LogP contribution in [-0.4, -0.2) is 27.7 Å². The van der Waals surface area contributed by atoms with Crippen LogP contribution >= 0.6 is 11.3 Å². The molecule has 0 saturated heterocycles. The number of amides is 2. The highest BCUT2D eigenvalue weighted by Crippen LogP contribution is 2.28. The third-order valence-corrected chi connectivity index (χ3v) is 6.02. The number of fused-ring (bicyclic) bond motifs is 1. The quantitative estimate of drug-likeness (QED) is 0.649. The lowest BCUT2D eigenvalue weighted by molar-refractivity contribution is -0.140. The van der Waals surface area contributed by atoms with Crippen molar-refractivity contribution < 1.29 is 9.59 Å². The van der Waals surface area contributed by atoms with E-state index >= 15 is 0 Å². The minimum atomic E-state index is -0.532. The fraction of sp³-hybridized carbons (Fsp3) is 0.292. The summed E-state index contributed by atoms with van der Waals surface area (Å²) in [7, 11) is 0. The second-order valence-corrected chi connectivity index (χ2v) is 8.86. The van der Waals surface area contributed by atoms with Crippen LogP contribution in [0.3, 0.4) is 0 Å².